The topological polar surface area (TPSA) is 0 Å². The zero-order chi connectivity index (χ0) is 17.3. The van der Waals surface area contributed by atoms with E-state index in [-0.39, 0.29) is 5.92 Å². The van der Waals surface area contributed by atoms with Gasteiger partial charge in [-0.15, -0.1) is 0 Å². The van der Waals surface area contributed by atoms with Gasteiger partial charge in [-0.25, -0.2) is 8.78 Å². The van der Waals surface area contributed by atoms with Crippen LogP contribution in [0.1, 0.15) is 74.8 Å². The van der Waals surface area contributed by atoms with Crippen LogP contribution in [0.4, 0.5) is 22.0 Å². The van der Waals surface area contributed by atoms with Crippen molar-refractivity contribution in [2.45, 2.75) is 69.9 Å². The lowest BCUT2D eigenvalue weighted by Gasteiger charge is -2.36. The first kappa shape index (κ1) is 17.7. The molecule has 3 rings (SSSR count). The van der Waals surface area contributed by atoms with Crippen molar-refractivity contribution in [1.82, 2.24) is 0 Å². The molecule has 0 unspecified atom stereocenters. The van der Waals surface area contributed by atoms with Gasteiger partial charge < -0.3 is 0 Å². The van der Waals surface area contributed by atoms with E-state index in [1.54, 1.807) is 0 Å². The fourth-order valence-corrected chi connectivity index (χ4v) is 4.63. The number of rotatable bonds is 2. The maximum Gasteiger partial charge on any atom is 0.422 e. The first-order chi connectivity index (χ1) is 11.4. The molecule has 2 aliphatic rings. The molecule has 2 saturated carbocycles. The van der Waals surface area contributed by atoms with Crippen molar-refractivity contribution in [3.63, 3.8) is 0 Å². The van der Waals surface area contributed by atoms with Crippen molar-refractivity contribution >= 4 is 0 Å². The van der Waals surface area contributed by atoms with Crippen LogP contribution in [0.2, 0.25) is 0 Å². The van der Waals surface area contributed by atoms with Crippen molar-refractivity contribution in [2.75, 3.05) is 0 Å². The van der Waals surface area contributed by atoms with Gasteiger partial charge in [0.15, 0.2) is 0 Å². The number of hydrogen-bond acceptors (Lipinski definition) is 0. The molecule has 0 aliphatic heterocycles. The Labute approximate surface area is 139 Å². The van der Waals surface area contributed by atoms with Gasteiger partial charge in [-0.2, -0.15) is 13.2 Å². The summed E-state index contributed by atoms with van der Waals surface area (Å²) in [4.78, 5) is 0. The lowest BCUT2D eigenvalue weighted by Crippen LogP contribution is -2.23. The van der Waals surface area contributed by atoms with Gasteiger partial charge in [-0.1, -0.05) is 32.1 Å². The summed E-state index contributed by atoms with van der Waals surface area (Å²) in [6, 6.07) is 1.77. The Kier molecular flexibility index (Phi) is 5.16. The summed E-state index contributed by atoms with van der Waals surface area (Å²) in [6.45, 7) is 0. The van der Waals surface area contributed by atoms with Gasteiger partial charge >= 0.3 is 6.18 Å². The summed E-state index contributed by atoms with van der Waals surface area (Å²) in [5.74, 6) is -1.58. The monoisotopic (exact) mass is 346 g/mol. The summed E-state index contributed by atoms with van der Waals surface area (Å²) in [5.41, 5.74) is -1.40. The third kappa shape index (κ3) is 3.75. The Balaban J connectivity index is 1.68. The zero-order valence-electron chi connectivity index (χ0n) is 13.6. The summed E-state index contributed by atoms with van der Waals surface area (Å²) < 4.78 is 65.5. The second kappa shape index (κ2) is 7.01. The summed E-state index contributed by atoms with van der Waals surface area (Å²) >= 11 is 0. The van der Waals surface area contributed by atoms with E-state index in [9.17, 15) is 22.0 Å². The minimum Gasteiger partial charge on any atom is -0.206 e. The molecule has 0 aromatic heterocycles. The normalized spacial score (nSPS) is 26.5. The standard InChI is InChI=1S/C19H23F5/c20-16-10-15(11-17(21)18(16)19(22,23)24)14-8-6-13(7-9-14)12-4-2-1-3-5-12/h10-14H,1-9H2. The van der Waals surface area contributed by atoms with E-state index in [2.05, 4.69) is 0 Å². The van der Waals surface area contributed by atoms with E-state index in [1.165, 1.54) is 32.1 Å². The molecule has 0 nitrogen and oxygen atoms in total. The largest absolute Gasteiger partial charge is 0.422 e. The fourth-order valence-electron chi connectivity index (χ4n) is 4.63. The predicted molar refractivity (Wildman–Crippen MR) is 82.6 cm³/mol. The maximum absolute atomic E-state index is 13.8. The third-order valence-corrected chi connectivity index (χ3v) is 5.91. The van der Waals surface area contributed by atoms with Crippen LogP contribution in [0.25, 0.3) is 0 Å². The Bertz CT molecular complexity index is 541. The molecule has 0 spiro atoms. The van der Waals surface area contributed by atoms with Crippen molar-refractivity contribution < 1.29 is 22.0 Å². The van der Waals surface area contributed by atoms with Gasteiger partial charge in [-0.05, 0) is 61.1 Å². The molecule has 2 fully saturated rings. The van der Waals surface area contributed by atoms with Crippen molar-refractivity contribution in [1.29, 1.82) is 0 Å². The Hall–Kier alpha value is -1.13. The van der Waals surface area contributed by atoms with E-state index >= 15 is 0 Å². The van der Waals surface area contributed by atoms with Crippen LogP contribution in [0.15, 0.2) is 12.1 Å². The highest BCUT2D eigenvalue weighted by Gasteiger charge is 2.38. The summed E-state index contributed by atoms with van der Waals surface area (Å²) in [7, 11) is 0. The van der Waals surface area contributed by atoms with Crippen LogP contribution < -0.4 is 0 Å². The smallest absolute Gasteiger partial charge is 0.206 e. The summed E-state index contributed by atoms with van der Waals surface area (Å²) in [5, 5.41) is 0. The Morgan fingerprint density at radius 3 is 1.71 bits per heavy atom. The highest BCUT2D eigenvalue weighted by Crippen LogP contribution is 2.44. The minimum atomic E-state index is -4.99. The van der Waals surface area contributed by atoms with E-state index in [4.69, 9.17) is 0 Å². The lowest BCUT2D eigenvalue weighted by atomic mass is 9.70. The molecule has 1 aromatic rings. The molecule has 1 aromatic carbocycles. The van der Waals surface area contributed by atoms with Gasteiger partial charge in [0.1, 0.15) is 17.2 Å². The second-order valence-electron chi connectivity index (χ2n) is 7.37. The predicted octanol–water partition coefficient (Wildman–Crippen LogP) is 6.84. The van der Waals surface area contributed by atoms with Gasteiger partial charge in [0, 0.05) is 0 Å². The van der Waals surface area contributed by atoms with E-state index in [0.717, 1.165) is 43.7 Å². The van der Waals surface area contributed by atoms with Crippen molar-refractivity contribution in [3.8, 4) is 0 Å². The molecular formula is C19H23F5. The minimum absolute atomic E-state index is 0.0314. The van der Waals surface area contributed by atoms with Crippen LogP contribution >= 0.6 is 0 Å². The molecule has 0 N–H and O–H groups in total. The maximum atomic E-state index is 13.8. The highest BCUT2D eigenvalue weighted by molar-refractivity contribution is 5.30. The third-order valence-electron chi connectivity index (χ3n) is 5.91. The van der Waals surface area contributed by atoms with Crippen LogP contribution in [-0.4, -0.2) is 0 Å². The van der Waals surface area contributed by atoms with Crippen molar-refractivity contribution in [2.24, 2.45) is 11.8 Å². The van der Waals surface area contributed by atoms with Crippen LogP contribution in [-0.2, 0) is 6.18 Å². The molecule has 0 heterocycles. The molecule has 0 bridgehead atoms. The zero-order valence-corrected chi connectivity index (χ0v) is 13.6. The quantitative estimate of drug-likeness (QED) is 0.514. The first-order valence-corrected chi connectivity index (χ1v) is 8.92. The highest BCUT2D eigenvalue weighted by atomic mass is 19.4. The first-order valence-electron chi connectivity index (χ1n) is 8.92. The SMILES string of the molecule is Fc1cc(C2CCC(C3CCCCC3)CC2)cc(F)c1C(F)(F)F. The van der Waals surface area contributed by atoms with Gasteiger partial charge in [0.05, 0.1) is 0 Å². The Morgan fingerprint density at radius 2 is 1.21 bits per heavy atom. The number of alkyl halides is 3. The van der Waals surface area contributed by atoms with E-state index < -0.39 is 23.4 Å². The number of hydrogen-bond donors (Lipinski definition) is 0. The molecule has 2 aliphatic carbocycles. The second-order valence-corrected chi connectivity index (χ2v) is 7.37. The number of benzene rings is 1. The van der Waals surface area contributed by atoms with Gasteiger partial charge in [-0.3, -0.25) is 0 Å². The van der Waals surface area contributed by atoms with E-state index in [1.807, 2.05) is 0 Å². The molecule has 134 valence electrons. The number of halogens is 5. The van der Waals surface area contributed by atoms with Gasteiger partial charge in [0.25, 0.3) is 0 Å². The Morgan fingerprint density at radius 1 is 0.708 bits per heavy atom. The van der Waals surface area contributed by atoms with Crippen LogP contribution in [0.5, 0.6) is 0 Å². The molecule has 24 heavy (non-hydrogen) atoms. The molecule has 0 amide bonds. The molecule has 5 heteroatoms. The van der Waals surface area contributed by atoms with Gasteiger partial charge in [0.2, 0.25) is 0 Å². The van der Waals surface area contributed by atoms with Crippen LogP contribution in [0.3, 0.4) is 0 Å². The molecule has 0 saturated heterocycles. The molecule has 0 radical (unpaired) electrons. The average Bonchev–Trinajstić information content (AvgIpc) is 2.54. The van der Waals surface area contributed by atoms with E-state index in [0.29, 0.717) is 11.5 Å². The lowest BCUT2D eigenvalue weighted by molar-refractivity contribution is -0.142. The fraction of sp³-hybridized carbons (Fsp3) is 0.684. The van der Waals surface area contributed by atoms with Crippen LogP contribution in [0, 0.1) is 23.5 Å². The summed E-state index contributed by atoms with van der Waals surface area (Å²) in [6.07, 6.45) is 5.11. The average molecular weight is 346 g/mol. The molecular weight excluding hydrogens is 323 g/mol. The van der Waals surface area contributed by atoms with Crippen molar-refractivity contribution in [3.05, 3.63) is 34.9 Å². The molecule has 0 atom stereocenters.